The number of imide groups is 1. The van der Waals surface area contributed by atoms with E-state index in [0.29, 0.717) is 21.8 Å². The number of aliphatic hydroxyl groups excluding tert-OH is 1. The van der Waals surface area contributed by atoms with Crippen LogP contribution in [-0.2, 0) is 26.5 Å². The molecular formula is C22H19ClFN3O4. The van der Waals surface area contributed by atoms with Crippen molar-refractivity contribution in [3.05, 3.63) is 64.4 Å². The van der Waals surface area contributed by atoms with E-state index in [-0.39, 0.29) is 6.54 Å². The Hall–Kier alpha value is -2.81. The van der Waals surface area contributed by atoms with E-state index in [1.165, 1.54) is 31.2 Å². The molecule has 31 heavy (non-hydrogen) atoms. The van der Waals surface area contributed by atoms with Gasteiger partial charge in [0.2, 0.25) is 17.7 Å². The summed E-state index contributed by atoms with van der Waals surface area (Å²) >= 11 is 6.18. The average molecular weight is 444 g/mol. The fourth-order valence-electron chi connectivity index (χ4n) is 5.11. The molecule has 0 radical (unpaired) electrons. The monoisotopic (exact) mass is 443 g/mol. The second-order valence-corrected chi connectivity index (χ2v) is 8.69. The molecule has 3 N–H and O–H groups in total. The van der Waals surface area contributed by atoms with Gasteiger partial charge in [-0.25, -0.2) is 4.39 Å². The van der Waals surface area contributed by atoms with Gasteiger partial charge in [0.15, 0.2) is 0 Å². The maximum Gasteiger partial charge on any atom is 0.250 e. The lowest BCUT2D eigenvalue weighted by Gasteiger charge is -2.30. The second kappa shape index (κ2) is 6.85. The van der Waals surface area contributed by atoms with Crippen molar-refractivity contribution >= 4 is 35.0 Å². The van der Waals surface area contributed by atoms with E-state index in [2.05, 4.69) is 10.6 Å². The molecule has 9 heteroatoms. The predicted molar refractivity (Wildman–Crippen MR) is 109 cm³/mol. The summed E-state index contributed by atoms with van der Waals surface area (Å²) in [6, 6.07) is 9.58. The largest absolute Gasteiger partial charge is 0.392 e. The van der Waals surface area contributed by atoms with Gasteiger partial charge in [-0.15, -0.1) is 0 Å². The van der Waals surface area contributed by atoms with E-state index in [0.717, 1.165) is 4.90 Å². The number of nitrogens with one attached hydrogen (secondary N) is 2. The lowest BCUT2D eigenvalue weighted by Crippen LogP contribution is -2.54. The molecule has 2 fully saturated rings. The quantitative estimate of drug-likeness (QED) is 0.628. The van der Waals surface area contributed by atoms with E-state index >= 15 is 0 Å². The number of hydrogen-bond donors (Lipinski definition) is 3. The fraction of sp³-hybridized carbons (Fsp3) is 0.318. The van der Waals surface area contributed by atoms with Crippen LogP contribution in [0.5, 0.6) is 0 Å². The van der Waals surface area contributed by atoms with Crippen LogP contribution in [0.3, 0.4) is 0 Å². The molecule has 0 aliphatic carbocycles. The minimum atomic E-state index is -1.52. The van der Waals surface area contributed by atoms with Gasteiger partial charge in [-0.2, -0.15) is 0 Å². The highest BCUT2D eigenvalue weighted by molar-refractivity contribution is 6.31. The molecule has 1 spiro atoms. The van der Waals surface area contributed by atoms with Gasteiger partial charge >= 0.3 is 0 Å². The van der Waals surface area contributed by atoms with Crippen LogP contribution in [0.25, 0.3) is 0 Å². The summed E-state index contributed by atoms with van der Waals surface area (Å²) in [4.78, 5) is 41.2. The van der Waals surface area contributed by atoms with Gasteiger partial charge in [-0.1, -0.05) is 23.7 Å². The normalized spacial score (nSPS) is 30.0. The molecular weight excluding hydrogens is 425 g/mol. The van der Waals surface area contributed by atoms with Crippen LogP contribution in [0.2, 0.25) is 5.02 Å². The first-order valence-electron chi connectivity index (χ1n) is 9.91. The zero-order valence-electron chi connectivity index (χ0n) is 16.4. The third kappa shape index (κ3) is 2.75. The van der Waals surface area contributed by atoms with E-state index in [4.69, 9.17) is 11.6 Å². The second-order valence-electron chi connectivity index (χ2n) is 8.26. The number of carbonyl (C=O) groups is 3. The highest BCUT2D eigenvalue weighted by atomic mass is 35.5. The number of likely N-dealkylation sites (tertiary alicyclic amines) is 1. The maximum absolute atomic E-state index is 13.5. The Balaban J connectivity index is 1.61. The number of hydrogen-bond acceptors (Lipinski definition) is 5. The number of benzene rings is 2. The Bertz CT molecular complexity index is 1120. The van der Waals surface area contributed by atoms with Crippen LogP contribution >= 0.6 is 11.6 Å². The van der Waals surface area contributed by atoms with Crippen LogP contribution in [0.15, 0.2) is 42.5 Å². The Morgan fingerprint density at radius 1 is 1.16 bits per heavy atom. The molecule has 3 amide bonds. The first-order chi connectivity index (χ1) is 14.7. The van der Waals surface area contributed by atoms with Crippen LogP contribution < -0.4 is 10.6 Å². The number of halogens is 2. The van der Waals surface area contributed by atoms with Crippen LogP contribution in [-0.4, -0.2) is 39.9 Å². The SMILES string of the molecule is CC(O)C1NC2(C(=O)Nc3ccc(Cl)cc32)[C@@H]2C(=O)N(Cc3ccc(F)cc3)C(=O)[C@H]12. The van der Waals surface area contributed by atoms with Crippen LogP contribution in [0.1, 0.15) is 18.1 Å². The molecule has 0 saturated carbocycles. The molecule has 7 nitrogen and oxygen atoms in total. The molecule has 0 aromatic heterocycles. The minimum Gasteiger partial charge on any atom is -0.392 e. The number of carbonyl (C=O) groups excluding carboxylic acids is 3. The summed E-state index contributed by atoms with van der Waals surface area (Å²) < 4.78 is 13.3. The van der Waals surface area contributed by atoms with Crippen molar-refractivity contribution in [3.63, 3.8) is 0 Å². The zero-order chi connectivity index (χ0) is 22.1. The third-order valence-electron chi connectivity index (χ3n) is 6.48. The van der Waals surface area contributed by atoms with E-state index in [1.807, 2.05) is 0 Å². The number of rotatable bonds is 3. The molecule has 5 rings (SSSR count). The summed E-state index contributed by atoms with van der Waals surface area (Å²) in [5, 5.41) is 16.7. The summed E-state index contributed by atoms with van der Waals surface area (Å²) in [5.41, 5.74) is 0.0478. The van der Waals surface area contributed by atoms with Crippen molar-refractivity contribution in [1.29, 1.82) is 0 Å². The number of nitrogens with zero attached hydrogens (tertiary/aromatic N) is 1. The molecule has 3 aliphatic heterocycles. The van der Waals surface area contributed by atoms with Crippen molar-refractivity contribution in [3.8, 4) is 0 Å². The van der Waals surface area contributed by atoms with Gasteiger partial charge in [0.1, 0.15) is 11.4 Å². The van der Waals surface area contributed by atoms with Crippen molar-refractivity contribution in [2.24, 2.45) is 11.8 Å². The Labute approximate surface area is 182 Å². The number of fused-ring (bicyclic) bond motifs is 4. The van der Waals surface area contributed by atoms with Crippen LogP contribution in [0, 0.1) is 17.7 Å². The standard InChI is InChI=1S/C22H19ClFN3O4/c1-10(28)18-16-17(20(30)27(19(16)29)9-11-2-5-13(24)6-3-11)22(26-18)14-8-12(23)4-7-15(14)25-21(22)31/h2-8,10,16-18,26,28H,9H2,1H3,(H,25,31)/t10?,16-,17-,18?,22?/m0/s1. The fourth-order valence-corrected chi connectivity index (χ4v) is 5.28. The molecule has 5 atom stereocenters. The van der Waals surface area contributed by atoms with E-state index in [1.54, 1.807) is 18.2 Å². The molecule has 2 aromatic rings. The van der Waals surface area contributed by atoms with E-state index < -0.39 is 53.1 Å². The van der Waals surface area contributed by atoms with Gasteiger partial charge in [0, 0.05) is 22.3 Å². The number of aliphatic hydroxyl groups is 1. The van der Waals surface area contributed by atoms with Gasteiger partial charge < -0.3 is 10.4 Å². The lowest BCUT2D eigenvalue weighted by atomic mass is 9.76. The van der Waals surface area contributed by atoms with Gasteiger partial charge in [0.05, 0.1) is 24.5 Å². The maximum atomic E-state index is 13.5. The highest BCUT2D eigenvalue weighted by Crippen LogP contribution is 2.53. The first kappa shape index (κ1) is 20.1. The predicted octanol–water partition coefficient (Wildman–Crippen LogP) is 1.78. The summed E-state index contributed by atoms with van der Waals surface area (Å²) in [5.74, 6) is -3.85. The van der Waals surface area contributed by atoms with Crippen molar-refractivity contribution in [2.45, 2.75) is 31.2 Å². The van der Waals surface area contributed by atoms with Crippen molar-refractivity contribution in [2.75, 3.05) is 5.32 Å². The Morgan fingerprint density at radius 2 is 1.87 bits per heavy atom. The summed E-state index contributed by atoms with van der Waals surface area (Å²) in [6.45, 7) is 1.47. The van der Waals surface area contributed by atoms with Gasteiger partial charge in [-0.05, 0) is 42.8 Å². The molecule has 160 valence electrons. The summed E-state index contributed by atoms with van der Waals surface area (Å²) in [7, 11) is 0. The highest BCUT2D eigenvalue weighted by Gasteiger charge is 2.71. The molecule has 3 heterocycles. The van der Waals surface area contributed by atoms with Gasteiger partial charge in [-0.3, -0.25) is 24.6 Å². The number of amides is 3. The van der Waals surface area contributed by atoms with Crippen LogP contribution in [0.4, 0.5) is 10.1 Å². The molecule has 3 aliphatic rings. The molecule has 2 saturated heterocycles. The smallest absolute Gasteiger partial charge is 0.250 e. The zero-order valence-corrected chi connectivity index (χ0v) is 17.2. The lowest BCUT2D eigenvalue weighted by molar-refractivity contribution is -0.143. The Morgan fingerprint density at radius 3 is 2.55 bits per heavy atom. The van der Waals surface area contributed by atoms with E-state index in [9.17, 15) is 23.9 Å². The number of anilines is 1. The summed E-state index contributed by atoms with van der Waals surface area (Å²) in [6.07, 6.45) is -0.995. The first-order valence-corrected chi connectivity index (χ1v) is 10.3. The van der Waals surface area contributed by atoms with Gasteiger partial charge in [0.25, 0.3) is 0 Å². The topological polar surface area (TPSA) is 98.7 Å². The average Bonchev–Trinajstić information content (AvgIpc) is 3.31. The molecule has 3 unspecified atom stereocenters. The van der Waals surface area contributed by atoms with Crippen molar-refractivity contribution in [1.82, 2.24) is 10.2 Å². The molecule has 0 bridgehead atoms. The minimum absolute atomic E-state index is 0.0441. The molecule has 2 aromatic carbocycles. The third-order valence-corrected chi connectivity index (χ3v) is 6.71. The van der Waals surface area contributed by atoms with Crippen molar-refractivity contribution < 1.29 is 23.9 Å². The Kier molecular flexibility index (Phi) is 4.44.